The minimum atomic E-state index is -4.20. The minimum absolute atomic E-state index is 0.168. The van der Waals surface area contributed by atoms with Crippen LogP contribution in [0.15, 0.2) is 36.4 Å². The molecule has 0 atom stereocenters. The first-order chi connectivity index (χ1) is 11.9. The van der Waals surface area contributed by atoms with E-state index >= 15 is 0 Å². The summed E-state index contributed by atoms with van der Waals surface area (Å²) in [6.45, 7) is 1.01. The minimum Gasteiger partial charge on any atom is -0.316 e. The molecule has 0 unspecified atom stereocenters. The highest BCUT2D eigenvalue weighted by atomic mass is 35.5. The van der Waals surface area contributed by atoms with E-state index in [4.69, 9.17) is 11.6 Å². The lowest BCUT2D eigenvalue weighted by atomic mass is 9.92. The summed E-state index contributed by atoms with van der Waals surface area (Å²) >= 11 is 6.48. The molecule has 3 rings (SSSR count). The van der Waals surface area contributed by atoms with Gasteiger partial charge in [-0.15, -0.1) is 0 Å². The summed E-state index contributed by atoms with van der Waals surface area (Å²) in [6, 6.07) is 11.6. The van der Waals surface area contributed by atoms with E-state index in [1.54, 1.807) is 0 Å². The van der Waals surface area contributed by atoms with E-state index < -0.39 is 12.7 Å². The van der Waals surface area contributed by atoms with Crippen molar-refractivity contribution < 1.29 is 13.2 Å². The predicted molar refractivity (Wildman–Crippen MR) is 94.9 cm³/mol. The van der Waals surface area contributed by atoms with Crippen LogP contribution in [0.25, 0.3) is 11.1 Å². The van der Waals surface area contributed by atoms with Gasteiger partial charge in [0.25, 0.3) is 0 Å². The van der Waals surface area contributed by atoms with Crippen molar-refractivity contribution in [3.05, 3.63) is 58.1 Å². The third kappa shape index (κ3) is 4.75. The fourth-order valence-corrected chi connectivity index (χ4v) is 3.53. The molecule has 0 saturated heterocycles. The number of nitrogens with one attached hydrogen (secondary N) is 2. The van der Waals surface area contributed by atoms with Crippen molar-refractivity contribution in [1.29, 1.82) is 0 Å². The Morgan fingerprint density at radius 1 is 1.08 bits per heavy atom. The van der Waals surface area contributed by atoms with Crippen LogP contribution < -0.4 is 10.6 Å². The quantitative estimate of drug-likeness (QED) is 0.838. The fraction of sp³-hybridized carbons (Fsp3) is 0.368. The Balaban J connectivity index is 1.88. The molecule has 1 aliphatic heterocycles. The summed E-state index contributed by atoms with van der Waals surface area (Å²) in [7, 11) is 0. The normalized spacial score (nSPS) is 14.9. The lowest BCUT2D eigenvalue weighted by Crippen LogP contribution is -2.28. The van der Waals surface area contributed by atoms with Crippen LogP contribution in [0.2, 0.25) is 5.02 Å². The van der Waals surface area contributed by atoms with Crippen molar-refractivity contribution in [3.63, 3.8) is 0 Å². The molecule has 25 heavy (non-hydrogen) atoms. The van der Waals surface area contributed by atoms with Crippen LogP contribution in [0.4, 0.5) is 13.2 Å². The lowest BCUT2D eigenvalue weighted by Gasteiger charge is -2.16. The summed E-state index contributed by atoms with van der Waals surface area (Å²) < 4.78 is 36.9. The Morgan fingerprint density at radius 2 is 1.88 bits per heavy atom. The highest BCUT2D eigenvalue weighted by molar-refractivity contribution is 6.33. The Kier molecular flexibility index (Phi) is 5.67. The molecule has 0 aromatic heterocycles. The molecule has 0 radical (unpaired) electrons. The molecule has 0 bridgehead atoms. The third-order valence-corrected chi connectivity index (χ3v) is 4.67. The number of hydrogen-bond acceptors (Lipinski definition) is 2. The summed E-state index contributed by atoms with van der Waals surface area (Å²) in [6.07, 6.45) is -2.36. The molecule has 0 spiro atoms. The number of rotatable bonds is 4. The van der Waals surface area contributed by atoms with Crippen LogP contribution in [0.3, 0.4) is 0 Å². The van der Waals surface area contributed by atoms with Gasteiger partial charge in [0.05, 0.1) is 6.54 Å². The molecule has 1 heterocycles. The Morgan fingerprint density at radius 3 is 2.68 bits per heavy atom. The molecule has 2 aromatic carbocycles. The van der Waals surface area contributed by atoms with Gasteiger partial charge in [-0.2, -0.15) is 13.2 Å². The summed E-state index contributed by atoms with van der Waals surface area (Å²) in [5.74, 6) is 0. The predicted octanol–water partition coefficient (Wildman–Crippen LogP) is 4.35. The van der Waals surface area contributed by atoms with Gasteiger partial charge in [-0.3, -0.25) is 0 Å². The zero-order valence-corrected chi connectivity index (χ0v) is 14.5. The Bertz CT molecular complexity index is 744. The molecule has 2 nitrogen and oxygen atoms in total. The van der Waals surface area contributed by atoms with Crippen LogP contribution in [0, 0.1) is 0 Å². The number of halogens is 4. The molecule has 2 aromatic rings. The molecule has 0 aliphatic carbocycles. The standard InChI is InChI=1S/C19H20ClF3N2/c20-17-5-4-14-6-8-24-9-7-16(14)18(17)15-3-1-2-13(10-15)11-25-12-19(21,22)23/h1-5,10,24-25H,6-9,11-12H2. The Labute approximate surface area is 150 Å². The maximum atomic E-state index is 12.3. The molecule has 2 N–H and O–H groups in total. The highest BCUT2D eigenvalue weighted by Crippen LogP contribution is 2.35. The highest BCUT2D eigenvalue weighted by Gasteiger charge is 2.26. The summed E-state index contributed by atoms with van der Waals surface area (Å²) in [4.78, 5) is 0. The van der Waals surface area contributed by atoms with Crippen LogP contribution in [-0.4, -0.2) is 25.8 Å². The van der Waals surface area contributed by atoms with E-state index in [1.807, 2.05) is 30.3 Å². The van der Waals surface area contributed by atoms with Crippen LogP contribution >= 0.6 is 11.6 Å². The van der Waals surface area contributed by atoms with Gasteiger partial charge in [-0.05, 0) is 60.3 Å². The van der Waals surface area contributed by atoms with Gasteiger partial charge in [-0.25, -0.2) is 0 Å². The second kappa shape index (κ2) is 7.77. The monoisotopic (exact) mass is 368 g/mol. The molecule has 134 valence electrons. The zero-order chi connectivity index (χ0) is 17.9. The molecule has 0 saturated carbocycles. The first kappa shape index (κ1) is 18.2. The molecule has 6 heteroatoms. The molecule has 0 amide bonds. The Hall–Kier alpha value is -1.56. The van der Waals surface area contributed by atoms with Gasteiger partial charge in [0.2, 0.25) is 0 Å². The van der Waals surface area contributed by atoms with E-state index in [0.29, 0.717) is 5.02 Å². The average Bonchev–Trinajstić information content (AvgIpc) is 2.79. The van der Waals surface area contributed by atoms with Gasteiger partial charge in [-0.1, -0.05) is 35.9 Å². The van der Waals surface area contributed by atoms with E-state index in [9.17, 15) is 13.2 Å². The second-order valence-electron chi connectivity index (χ2n) is 6.23. The number of benzene rings is 2. The van der Waals surface area contributed by atoms with Crippen LogP contribution in [-0.2, 0) is 19.4 Å². The van der Waals surface area contributed by atoms with Crippen molar-refractivity contribution in [2.75, 3.05) is 19.6 Å². The number of alkyl halides is 3. The van der Waals surface area contributed by atoms with Crippen molar-refractivity contribution in [3.8, 4) is 11.1 Å². The molecule has 0 fully saturated rings. The van der Waals surface area contributed by atoms with E-state index in [-0.39, 0.29) is 6.54 Å². The zero-order valence-electron chi connectivity index (χ0n) is 13.7. The van der Waals surface area contributed by atoms with Gasteiger partial charge < -0.3 is 10.6 Å². The first-order valence-corrected chi connectivity index (χ1v) is 8.69. The second-order valence-corrected chi connectivity index (χ2v) is 6.64. The fourth-order valence-electron chi connectivity index (χ4n) is 3.24. The summed E-state index contributed by atoms with van der Waals surface area (Å²) in [5, 5.41) is 6.51. The van der Waals surface area contributed by atoms with E-state index in [0.717, 1.165) is 42.6 Å². The summed E-state index contributed by atoms with van der Waals surface area (Å²) in [5.41, 5.74) is 5.28. The maximum Gasteiger partial charge on any atom is 0.401 e. The SMILES string of the molecule is FC(F)(F)CNCc1cccc(-c2c(Cl)ccc3c2CCNCC3)c1. The van der Waals surface area contributed by atoms with Gasteiger partial charge in [0.1, 0.15) is 0 Å². The van der Waals surface area contributed by atoms with Gasteiger partial charge in [0, 0.05) is 17.1 Å². The maximum absolute atomic E-state index is 12.3. The van der Waals surface area contributed by atoms with Crippen molar-refractivity contribution >= 4 is 11.6 Å². The average molecular weight is 369 g/mol. The van der Waals surface area contributed by atoms with Gasteiger partial charge >= 0.3 is 6.18 Å². The largest absolute Gasteiger partial charge is 0.401 e. The van der Waals surface area contributed by atoms with Crippen LogP contribution in [0.5, 0.6) is 0 Å². The van der Waals surface area contributed by atoms with Crippen molar-refractivity contribution in [2.45, 2.75) is 25.6 Å². The van der Waals surface area contributed by atoms with Crippen molar-refractivity contribution in [2.24, 2.45) is 0 Å². The number of fused-ring (bicyclic) bond motifs is 1. The lowest BCUT2D eigenvalue weighted by molar-refractivity contribution is -0.125. The third-order valence-electron chi connectivity index (χ3n) is 4.35. The smallest absolute Gasteiger partial charge is 0.316 e. The van der Waals surface area contributed by atoms with Gasteiger partial charge in [0.15, 0.2) is 0 Å². The van der Waals surface area contributed by atoms with E-state index in [1.165, 1.54) is 11.1 Å². The molecular weight excluding hydrogens is 349 g/mol. The number of hydrogen-bond donors (Lipinski definition) is 2. The van der Waals surface area contributed by atoms with Crippen molar-refractivity contribution in [1.82, 2.24) is 10.6 Å². The molecular formula is C19H20ClF3N2. The molecule has 1 aliphatic rings. The first-order valence-electron chi connectivity index (χ1n) is 8.32. The van der Waals surface area contributed by atoms with Crippen LogP contribution in [0.1, 0.15) is 16.7 Å². The van der Waals surface area contributed by atoms with E-state index in [2.05, 4.69) is 16.7 Å². The topological polar surface area (TPSA) is 24.1 Å².